The number of nitrogens with one attached hydrogen (secondary N) is 1. The molecule has 0 aliphatic carbocycles. The summed E-state index contributed by atoms with van der Waals surface area (Å²) in [6.45, 7) is 5.69. The lowest BCUT2D eigenvalue weighted by Crippen LogP contribution is -2.16. The maximum Gasteiger partial charge on any atom is 0.341 e. The molecule has 3 aromatic rings. The summed E-state index contributed by atoms with van der Waals surface area (Å²) >= 11 is 1.33. The zero-order valence-corrected chi connectivity index (χ0v) is 15.5. The molecule has 2 heterocycles. The SMILES string of the molecule is CCOC(=O)c1c(NC(=O)Cc2coc3ccc(F)cc23)sc(C)c1C. The number of aryl methyl sites for hydroxylation is 1. The molecule has 0 saturated heterocycles. The molecule has 0 bridgehead atoms. The lowest BCUT2D eigenvalue weighted by atomic mass is 10.1. The van der Waals surface area contributed by atoms with Gasteiger partial charge in [0.25, 0.3) is 0 Å². The number of rotatable bonds is 5. The molecule has 5 nitrogen and oxygen atoms in total. The first-order chi connectivity index (χ1) is 12.4. The number of halogens is 1. The van der Waals surface area contributed by atoms with Gasteiger partial charge in [0.1, 0.15) is 16.4 Å². The minimum atomic E-state index is -0.458. The van der Waals surface area contributed by atoms with Crippen molar-refractivity contribution in [2.45, 2.75) is 27.2 Å². The van der Waals surface area contributed by atoms with Crippen molar-refractivity contribution in [3.8, 4) is 0 Å². The highest BCUT2D eigenvalue weighted by atomic mass is 32.1. The van der Waals surface area contributed by atoms with E-state index in [0.29, 0.717) is 27.1 Å². The molecule has 0 atom stereocenters. The Labute approximate surface area is 153 Å². The second-order valence-corrected chi connectivity index (χ2v) is 7.06. The van der Waals surface area contributed by atoms with Gasteiger partial charge in [-0.15, -0.1) is 11.3 Å². The van der Waals surface area contributed by atoms with Gasteiger partial charge in [-0.05, 0) is 44.5 Å². The summed E-state index contributed by atoms with van der Waals surface area (Å²) in [7, 11) is 0. The van der Waals surface area contributed by atoms with E-state index in [1.807, 2.05) is 13.8 Å². The van der Waals surface area contributed by atoms with Crippen LogP contribution in [0.3, 0.4) is 0 Å². The summed E-state index contributed by atoms with van der Waals surface area (Å²) in [6.07, 6.45) is 1.45. The Hall–Kier alpha value is -2.67. The van der Waals surface area contributed by atoms with Crippen LogP contribution >= 0.6 is 11.3 Å². The van der Waals surface area contributed by atoms with E-state index in [1.165, 1.54) is 35.8 Å². The Morgan fingerprint density at radius 3 is 2.81 bits per heavy atom. The van der Waals surface area contributed by atoms with Crippen LogP contribution in [0.15, 0.2) is 28.9 Å². The van der Waals surface area contributed by atoms with Crippen molar-refractivity contribution in [2.75, 3.05) is 11.9 Å². The van der Waals surface area contributed by atoms with E-state index < -0.39 is 11.8 Å². The molecule has 3 rings (SSSR count). The van der Waals surface area contributed by atoms with Crippen molar-refractivity contribution in [3.63, 3.8) is 0 Å². The molecular formula is C19H18FNO4S. The topological polar surface area (TPSA) is 68.5 Å². The summed E-state index contributed by atoms with van der Waals surface area (Å²) in [5, 5.41) is 3.79. The van der Waals surface area contributed by atoms with Gasteiger partial charge < -0.3 is 14.5 Å². The number of furan rings is 1. The Balaban J connectivity index is 1.83. The van der Waals surface area contributed by atoms with Crippen molar-refractivity contribution in [1.29, 1.82) is 0 Å². The van der Waals surface area contributed by atoms with Crippen LogP contribution in [0.25, 0.3) is 11.0 Å². The Morgan fingerprint density at radius 1 is 1.31 bits per heavy atom. The van der Waals surface area contributed by atoms with Crippen LogP contribution in [0, 0.1) is 19.7 Å². The first-order valence-corrected chi connectivity index (χ1v) is 8.95. The second kappa shape index (κ2) is 7.29. The van der Waals surface area contributed by atoms with E-state index in [-0.39, 0.29) is 18.9 Å². The normalized spacial score (nSPS) is 10.9. The standard InChI is InChI=1S/C19H18FNO4S/c1-4-24-19(23)17-10(2)11(3)26-18(17)21-16(22)7-12-9-25-15-6-5-13(20)8-14(12)15/h5-6,8-9H,4,7H2,1-3H3,(H,21,22). The van der Waals surface area contributed by atoms with E-state index in [4.69, 9.17) is 9.15 Å². The monoisotopic (exact) mass is 375 g/mol. The van der Waals surface area contributed by atoms with E-state index in [1.54, 1.807) is 6.92 Å². The number of benzene rings is 1. The van der Waals surface area contributed by atoms with Gasteiger partial charge in [0.05, 0.1) is 24.9 Å². The number of amides is 1. The van der Waals surface area contributed by atoms with Gasteiger partial charge in [-0.25, -0.2) is 9.18 Å². The summed E-state index contributed by atoms with van der Waals surface area (Å²) in [5.74, 6) is -1.17. The maximum atomic E-state index is 13.4. The predicted octanol–water partition coefficient (Wildman–Crippen LogP) is 4.61. The highest BCUT2D eigenvalue weighted by Gasteiger charge is 2.22. The minimum absolute atomic E-state index is 0.00864. The summed E-state index contributed by atoms with van der Waals surface area (Å²) < 4.78 is 23.9. The van der Waals surface area contributed by atoms with Crippen molar-refractivity contribution < 1.29 is 23.1 Å². The van der Waals surface area contributed by atoms with Crippen LogP contribution in [0.4, 0.5) is 9.39 Å². The van der Waals surface area contributed by atoms with Crippen LogP contribution in [0.2, 0.25) is 0 Å². The number of hydrogen-bond donors (Lipinski definition) is 1. The molecule has 0 fully saturated rings. The molecule has 0 aliphatic heterocycles. The Kier molecular flexibility index (Phi) is 5.08. The van der Waals surface area contributed by atoms with Crippen LogP contribution < -0.4 is 5.32 Å². The van der Waals surface area contributed by atoms with Gasteiger partial charge in [-0.1, -0.05) is 0 Å². The molecule has 0 spiro atoms. The average Bonchev–Trinajstić information content (AvgIpc) is 3.09. The molecule has 7 heteroatoms. The molecule has 0 saturated carbocycles. The van der Waals surface area contributed by atoms with Crippen molar-refractivity contribution in [1.82, 2.24) is 0 Å². The zero-order chi connectivity index (χ0) is 18.8. The minimum Gasteiger partial charge on any atom is -0.464 e. The summed E-state index contributed by atoms with van der Waals surface area (Å²) in [5.41, 5.74) is 2.27. The number of fused-ring (bicyclic) bond motifs is 1. The number of hydrogen-bond acceptors (Lipinski definition) is 5. The molecule has 1 aromatic carbocycles. The number of anilines is 1. The third-order valence-corrected chi connectivity index (χ3v) is 5.21. The lowest BCUT2D eigenvalue weighted by molar-refractivity contribution is -0.115. The van der Waals surface area contributed by atoms with E-state index in [0.717, 1.165) is 10.4 Å². The highest BCUT2D eigenvalue weighted by Crippen LogP contribution is 2.33. The van der Waals surface area contributed by atoms with Crippen LogP contribution in [0.1, 0.15) is 33.3 Å². The van der Waals surface area contributed by atoms with Gasteiger partial charge in [-0.3, -0.25) is 4.79 Å². The third-order valence-electron chi connectivity index (χ3n) is 4.08. The largest absolute Gasteiger partial charge is 0.464 e. The molecule has 0 radical (unpaired) electrons. The molecule has 1 N–H and O–H groups in total. The quantitative estimate of drug-likeness (QED) is 0.661. The van der Waals surface area contributed by atoms with Crippen molar-refractivity contribution in [2.24, 2.45) is 0 Å². The molecule has 2 aromatic heterocycles. The van der Waals surface area contributed by atoms with Crippen molar-refractivity contribution in [3.05, 3.63) is 51.8 Å². The van der Waals surface area contributed by atoms with Crippen LogP contribution in [0.5, 0.6) is 0 Å². The third kappa shape index (κ3) is 3.48. The fourth-order valence-corrected chi connectivity index (χ4v) is 3.76. The van der Waals surface area contributed by atoms with Crippen LogP contribution in [-0.2, 0) is 16.0 Å². The van der Waals surface area contributed by atoms with Crippen molar-refractivity contribution >= 4 is 39.2 Å². The molecule has 0 aliphatic rings. The van der Waals surface area contributed by atoms with Gasteiger partial charge in [0.2, 0.25) is 5.91 Å². The molecule has 136 valence electrons. The molecular weight excluding hydrogens is 357 g/mol. The van der Waals surface area contributed by atoms with Gasteiger partial charge in [0.15, 0.2) is 0 Å². The van der Waals surface area contributed by atoms with E-state index in [9.17, 15) is 14.0 Å². The Bertz CT molecular complexity index is 989. The first kappa shape index (κ1) is 18.1. The number of carbonyl (C=O) groups is 2. The summed E-state index contributed by atoms with van der Waals surface area (Å²) in [4.78, 5) is 25.6. The second-order valence-electron chi connectivity index (χ2n) is 5.83. The number of thiophene rings is 1. The molecule has 1 amide bonds. The summed E-state index contributed by atoms with van der Waals surface area (Å²) in [6, 6.07) is 4.17. The zero-order valence-electron chi connectivity index (χ0n) is 14.6. The van der Waals surface area contributed by atoms with Gasteiger partial charge in [0, 0.05) is 15.8 Å². The smallest absolute Gasteiger partial charge is 0.341 e. The lowest BCUT2D eigenvalue weighted by Gasteiger charge is -2.07. The van der Waals surface area contributed by atoms with Gasteiger partial charge >= 0.3 is 5.97 Å². The first-order valence-electron chi connectivity index (χ1n) is 8.13. The fourth-order valence-electron chi connectivity index (χ4n) is 2.70. The maximum absolute atomic E-state index is 13.4. The Morgan fingerprint density at radius 2 is 2.08 bits per heavy atom. The average molecular weight is 375 g/mol. The van der Waals surface area contributed by atoms with E-state index in [2.05, 4.69) is 5.32 Å². The highest BCUT2D eigenvalue weighted by molar-refractivity contribution is 7.16. The number of esters is 1. The number of ether oxygens (including phenoxy) is 1. The number of carbonyl (C=O) groups excluding carboxylic acids is 2. The van der Waals surface area contributed by atoms with Crippen LogP contribution in [-0.4, -0.2) is 18.5 Å². The molecule has 26 heavy (non-hydrogen) atoms. The van der Waals surface area contributed by atoms with E-state index >= 15 is 0 Å². The molecule has 0 unspecified atom stereocenters. The van der Waals surface area contributed by atoms with Gasteiger partial charge in [-0.2, -0.15) is 0 Å². The predicted molar refractivity (Wildman–Crippen MR) is 98.3 cm³/mol. The fraction of sp³-hybridized carbons (Fsp3) is 0.263.